The summed E-state index contributed by atoms with van der Waals surface area (Å²) in [6, 6.07) is 9.20. The second-order valence-electron chi connectivity index (χ2n) is 6.06. The first-order valence-electron chi connectivity index (χ1n) is 9.20. The fraction of sp³-hybridized carbons (Fsp3) is 0.421. The van der Waals surface area contributed by atoms with Crippen molar-refractivity contribution in [2.24, 2.45) is 4.99 Å². The van der Waals surface area contributed by atoms with Gasteiger partial charge in [0, 0.05) is 50.1 Å². The molecule has 0 amide bonds. The van der Waals surface area contributed by atoms with Crippen molar-refractivity contribution in [3.05, 3.63) is 47.7 Å². The zero-order valence-corrected chi connectivity index (χ0v) is 16.3. The molecule has 27 heavy (non-hydrogen) atoms. The van der Waals surface area contributed by atoms with Gasteiger partial charge >= 0.3 is 0 Å². The van der Waals surface area contributed by atoms with Crippen LogP contribution in [0.4, 0.5) is 5.95 Å². The Morgan fingerprint density at radius 3 is 2.52 bits per heavy atom. The molecule has 8 heteroatoms. The van der Waals surface area contributed by atoms with Crippen LogP contribution in [-0.2, 0) is 0 Å². The average molecular weight is 389 g/mol. The Bertz CT molecular complexity index is 717. The molecule has 2 aromatic rings. The first-order valence-corrected chi connectivity index (χ1v) is 9.57. The molecule has 0 bridgehead atoms. The van der Waals surface area contributed by atoms with Crippen LogP contribution >= 0.6 is 11.6 Å². The Morgan fingerprint density at radius 1 is 1.15 bits per heavy atom. The summed E-state index contributed by atoms with van der Waals surface area (Å²) in [5, 5.41) is 4.07. The number of hydrogen-bond acceptors (Lipinski definition) is 5. The highest BCUT2D eigenvalue weighted by Gasteiger charge is 2.20. The van der Waals surface area contributed by atoms with Crippen molar-refractivity contribution < 1.29 is 4.74 Å². The molecule has 0 saturated carbocycles. The number of halogens is 1. The number of rotatable bonds is 6. The van der Waals surface area contributed by atoms with Crippen LogP contribution < -0.4 is 15.0 Å². The van der Waals surface area contributed by atoms with Gasteiger partial charge in [-0.05, 0) is 37.3 Å². The second kappa shape index (κ2) is 9.97. The summed E-state index contributed by atoms with van der Waals surface area (Å²) >= 11 is 5.88. The minimum atomic E-state index is 0.522. The van der Waals surface area contributed by atoms with Crippen LogP contribution in [0.5, 0.6) is 5.75 Å². The van der Waals surface area contributed by atoms with E-state index in [1.807, 2.05) is 30.3 Å². The van der Waals surface area contributed by atoms with Gasteiger partial charge in [0.15, 0.2) is 5.96 Å². The van der Waals surface area contributed by atoms with Crippen LogP contribution in [0, 0.1) is 0 Å². The highest BCUT2D eigenvalue weighted by Crippen LogP contribution is 2.15. The van der Waals surface area contributed by atoms with Crippen molar-refractivity contribution in [1.29, 1.82) is 0 Å². The number of piperazine rings is 1. The van der Waals surface area contributed by atoms with Crippen molar-refractivity contribution in [3.63, 3.8) is 0 Å². The molecule has 0 aliphatic carbocycles. The van der Waals surface area contributed by atoms with Gasteiger partial charge in [0.05, 0.1) is 6.54 Å². The summed E-state index contributed by atoms with van der Waals surface area (Å²) in [6.07, 6.45) is 3.56. The van der Waals surface area contributed by atoms with Gasteiger partial charge in [-0.3, -0.25) is 0 Å². The van der Waals surface area contributed by atoms with Crippen LogP contribution in [0.1, 0.15) is 6.92 Å². The average Bonchev–Trinajstić information content (AvgIpc) is 2.72. The van der Waals surface area contributed by atoms with Gasteiger partial charge < -0.3 is 19.9 Å². The van der Waals surface area contributed by atoms with E-state index in [2.05, 4.69) is 32.0 Å². The fourth-order valence-corrected chi connectivity index (χ4v) is 2.97. The van der Waals surface area contributed by atoms with Gasteiger partial charge in [-0.1, -0.05) is 11.6 Å². The lowest BCUT2D eigenvalue weighted by molar-refractivity contribution is 0.325. The van der Waals surface area contributed by atoms with Crippen LogP contribution in [-0.4, -0.2) is 66.7 Å². The standard InChI is InChI=1S/C19H25ClN6O/c1-2-21-18(24-10-15-27-17-6-4-16(20)5-7-17)25-11-13-26(14-12-25)19-22-8-3-9-23-19/h3-9H,2,10-15H2,1H3,(H,21,24). The lowest BCUT2D eigenvalue weighted by atomic mass is 10.3. The number of hydrogen-bond donors (Lipinski definition) is 1. The van der Waals surface area contributed by atoms with Gasteiger partial charge in [-0.2, -0.15) is 0 Å². The van der Waals surface area contributed by atoms with Crippen molar-refractivity contribution in [2.75, 3.05) is 50.8 Å². The van der Waals surface area contributed by atoms with Gasteiger partial charge in [0.25, 0.3) is 0 Å². The maximum Gasteiger partial charge on any atom is 0.225 e. The molecule has 1 aromatic heterocycles. The van der Waals surface area contributed by atoms with E-state index in [0.29, 0.717) is 18.2 Å². The van der Waals surface area contributed by atoms with Crippen molar-refractivity contribution >= 4 is 23.5 Å². The molecule has 2 heterocycles. The minimum Gasteiger partial charge on any atom is -0.492 e. The van der Waals surface area contributed by atoms with Gasteiger partial charge in [-0.15, -0.1) is 0 Å². The molecule has 3 rings (SSSR count). The van der Waals surface area contributed by atoms with Crippen LogP contribution in [0.25, 0.3) is 0 Å². The Morgan fingerprint density at radius 2 is 1.85 bits per heavy atom. The molecule has 1 fully saturated rings. The Labute approximate surface area is 165 Å². The Hall–Kier alpha value is -2.54. The monoisotopic (exact) mass is 388 g/mol. The van der Waals surface area contributed by atoms with E-state index >= 15 is 0 Å². The zero-order chi connectivity index (χ0) is 18.9. The molecule has 0 atom stereocenters. The quantitative estimate of drug-likeness (QED) is 0.465. The van der Waals surface area contributed by atoms with Crippen LogP contribution in [0.2, 0.25) is 5.02 Å². The highest BCUT2D eigenvalue weighted by atomic mass is 35.5. The molecule has 0 radical (unpaired) electrons. The summed E-state index contributed by atoms with van der Waals surface area (Å²) in [6.45, 7) is 7.52. The van der Waals surface area contributed by atoms with E-state index in [9.17, 15) is 0 Å². The number of benzene rings is 1. The SMILES string of the molecule is CCNC(=NCCOc1ccc(Cl)cc1)N1CCN(c2ncccn2)CC1. The largest absolute Gasteiger partial charge is 0.492 e. The predicted molar refractivity (Wildman–Crippen MR) is 109 cm³/mol. The lowest BCUT2D eigenvalue weighted by Crippen LogP contribution is -2.53. The van der Waals surface area contributed by atoms with Gasteiger partial charge in [-0.25, -0.2) is 15.0 Å². The maximum atomic E-state index is 5.88. The van der Waals surface area contributed by atoms with Gasteiger partial charge in [0.1, 0.15) is 12.4 Å². The Balaban J connectivity index is 1.49. The second-order valence-corrected chi connectivity index (χ2v) is 6.50. The highest BCUT2D eigenvalue weighted by molar-refractivity contribution is 6.30. The molecule has 1 aliphatic heterocycles. The van der Waals surface area contributed by atoms with Crippen LogP contribution in [0.15, 0.2) is 47.7 Å². The molecular weight excluding hydrogens is 364 g/mol. The number of nitrogens with zero attached hydrogens (tertiary/aromatic N) is 5. The molecule has 1 N–H and O–H groups in total. The third-order valence-corrected chi connectivity index (χ3v) is 4.44. The topological polar surface area (TPSA) is 65.9 Å². The molecule has 0 spiro atoms. The maximum absolute atomic E-state index is 5.88. The van der Waals surface area contributed by atoms with E-state index < -0.39 is 0 Å². The number of anilines is 1. The number of aliphatic imine (C=N–C) groups is 1. The van der Waals surface area contributed by atoms with Crippen molar-refractivity contribution in [1.82, 2.24) is 20.2 Å². The summed E-state index contributed by atoms with van der Waals surface area (Å²) in [7, 11) is 0. The van der Waals surface area contributed by atoms with E-state index in [0.717, 1.165) is 50.4 Å². The first-order chi connectivity index (χ1) is 13.3. The third-order valence-electron chi connectivity index (χ3n) is 4.18. The van der Waals surface area contributed by atoms with E-state index in [1.54, 1.807) is 12.4 Å². The predicted octanol–water partition coefficient (Wildman–Crippen LogP) is 2.30. The first kappa shape index (κ1) is 19.2. The normalized spacial score (nSPS) is 15.0. The summed E-state index contributed by atoms with van der Waals surface area (Å²) in [5.41, 5.74) is 0. The van der Waals surface area contributed by atoms with Crippen molar-refractivity contribution in [2.45, 2.75) is 6.92 Å². The molecule has 1 saturated heterocycles. The molecule has 144 valence electrons. The summed E-state index contributed by atoms with van der Waals surface area (Å²) in [4.78, 5) is 17.8. The van der Waals surface area contributed by atoms with Crippen molar-refractivity contribution in [3.8, 4) is 5.75 Å². The summed E-state index contributed by atoms with van der Waals surface area (Å²) in [5.74, 6) is 2.51. The zero-order valence-electron chi connectivity index (χ0n) is 15.5. The molecule has 0 unspecified atom stereocenters. The molecule has 7 nitrogen and oxygen atoms in total. The Kier molecular flexibility index (Phi) is 7.10. The van der Waals surface area contributed by atoms with Gasteiger partial charge in [0.2, 0.25) is 5.95 Å². The van der Waals surface area contributed by atoms with E-state index in [-0.39, 0.29) is 0 Å². The van der Waals surface area contributed by atoms with Crippen LogP contribution in [0.3, 0.4) is 0 Å². The molecular formula is C19H25ClN6O. The molecule has 1 aromatic carbocycles. The number of guanidine groups is 1. The fourth-order valence-electron chi connectivity index (χ4n) is 2.84. The number of ether oxygens (including phenoxy) is 1. The summed E-state index contributed by atoms with van der Waals surface area (Å²) < 4.78 is 5.71. The van der Waals surface area contributed by atoms with E-state index in [1.165, 1.54) is 0 Å². The number of aromatic nitrogens is 2. The van der Waals surface area contributed by atoms with E-state index in [4.69, 9.17) is 21.3 Å². The third kappa shape index (κ3) is 5.72. The smallest absolute Gasteiger partial charge is 0.225 e. The lowest BCUT2D eigenvalue weighted by Gasteiger charge is -2.36. The molecule has 1 aliphatic rings. The number of nitrogens with one attached hydrogen (secondary N) is 1. The minimum absolute atomic E-state index is 0.522.